The van der Waals surface area contributed by atoms with Gasteiger partial charge in [-0.3, -0.25) is 4.57 Å². The number of hydrogen-bond acceptors (Lipinski definition) is 3. The number of benzene rings is 4. The number of rotatable bonds is 3. The zero-order valence-corrected chi connectivity index (χ0v) is 22.9. The lowest BCUT2D eigenvalue weighted by atomic mass is 9.92. The van der Waals surface area contributed by atoms with Crippen molar-refractivity contribution in [3.05, 3.63) is 108 Å². The van der Waals surface area contributed by atoms with Gasteiger partial charge in [0.2, 0.25) is 5.95 Å². The average Bonchev–Trinajstić information content (AvgIpc) is 3.50. The molecule has 1 aliphatic heterocycles. The van der Waals surface area contributed by atoms with Crippen LogP contribution in [0.25, 0.3) is 50.8 Å². The van der Waals surface area contributed by atoms with Crippen LogP contribution in [-0.4, -0.2) is 28.3 Å². The van der Waals surface area contributed by atoms with Crippen molar-refractivity contribution in [2.45, 2.75) is 32.2 Å². The van der Waals surface area contributed by atoms with Crippen molar-refractivity contribution in [3.63, 3.8) is 0 Å². The Bertz CT molecular complexity index is 1820. The van der Waals surface area contributed by atoms with Crippen LogP contribution in [0.2, 0.25) is 6.55 Å². The zero-order chi connectivity index (χ0) is 25.9. The highest BCUT2D eigenvalue weighted by molar-refractivity contribution is 6.89. The first-order chi connectivity index (χ1) is 19.3. The fourth-order valence-electron chi connectivity index (χ4n) is 6.53. The van der Waals surface area contributed by atoms with Gasteiger partial charge in [0.15, 0.2) is 11.6 Å². The highest BCUT2D eigenvalue weighted by atomic mass is 28.3. The van der Waals surface area contributed by atoms with Gasteiger partial charge in [-0.1, -0.05) is 97.5 Å². The second-order valence-electron chi connectivity index (χ2n) is 10.5. The Balaban J connectivity index is 1.44. The number of fused-ring (bicyclic) bond motifs is 7. The van der Waals surface area contributed by atoms with E-state index in [1.54, 1.807) is 0 Å². The molecule has 4 aromatic carbocycles. The minimum absolute atomic E-state index is 0.705. The molecule has 0 saturated heterocycles. The van der Waals surface area contributed by atoms with E-state index in [1.807, 2.05) is 36.4 Å². The fraction of sp³-hybridized carbons (Fsp3) is 0.147. The lowest BCUT2D eigenvalue weighted by Gasteiger charge is -2.16. The maximum Gasteiger partial charge on any atom is 0.238 e. The van der Waals surface area contributed by atoms with Crippen LogP contribution in [0.15, 0.2) is 97.1 Å². The quantitative estimate of drug-likeness (QED) is 0.260. The van der Waals surface area contributed by atoms with Crippen molar-refractivity contribution in [2.75, 3.05) is 0 Å². The van der Waals surface area contributed by atoms with E-state index in [9.17, 15) is 0 Å². The number of aromatic nitrogens is 4. The van der Waals surface area contributed by atoms with Gasteiger partial charge in [0.1, 0.15) is 8.80 Å². The molecule has 0 unspecified atom stereocenters. The summed E-state index contributed by atoms with van der Waals surface area (Å²) in [4.78, 5) is 15.2. The Labute approximate surface area is 229 Å². The van der Waals surface area contributed by atoms with Crippen LogP contribution in [-0.2, 0) is 12.8 Å². The van der Waals surface area contributed by atoms with Crippen molar-refractivity contribution in [3.8, 4) is 39.9 Å². The molecule has 0 fully saturated rings. The SMILES string of the molecule is C[Si]1c2ccccc2-c2c1ccc1c2c2c(n1-c1nc(-c3ccccc3)nc(-c3ccccc3)n1)CCCC2. The second-order valence-corrected chi connectivity index (χ2v) is 12.9. The summed E-state index contributed by atoms with van der Waals surface area (Å²) in [5, 5.41) is 4.48. The zero-order valence-electron chi connectivity index (χ0n) is 21.9. The lowest BCUT2D eigenvalue weighted by Crippen LogP contribution is -2.34. The van der Waals surface area contributed by atoms with E-state index in [2.05, 4.69) is 71.8 Å². The lowest BCUT2D eigenvalue weighted by molar-refractivity contribution is 0.661. The number of aryl methyl sites for hydroxylation is 1. The van der Waals surface area contributed by atoms with E-state index in [0.717, 1.165) is 24.0 Å². The largest absolute Gasteiger partial charge is 0.282 e. The summed E-state index contributed by atoms with van der Waals surface area (Å²) in [6.45, 7) is 2.44. The van der Waals surface area contributed by atoms with Gasteiger partial charge < -0.3 is 0 Å². The predicted octanol–water partition coefficient (Wildman–Crippen LogP) is 6.25. The van der Waals surface area contributed by atoms with Gasteiger partial charge in [-0.25, -0.2) is 4.98 Å². The molecule has 5 heteroatoms. The molecule has 4 nitrogen and oxygen atoms in total. The molecule has 0 saturated carbocycles. The fourth-order valence-corrected chi connectivity index (χ4v) is 8.74. The molecule has 0 spiro atoms. The van der Waals surface area contributed by atoms with Gasteiger partial charge in [0.25, 0.3) is 0 Å². The number of nitrogens with zero attached hydrogens (tertiary/aromatic N) is 4. The summed E-state index contributed by atoms with van der Waals surface area (Å²) in [7, 11) is -0.777. The Hall–Kier alpha value is -4.35. The van der Waals surface area contributed by atoms with Crippen LogP contribution in [0, 0.1) is 0 Å². The first kappa shape index (κ1) is 22.6. The molecule has 0 bridgehead atoms. The molecular formula is C34H27N4Si. The van der Waals surface area contributed by atoms with Crippen LogP contribution < -0.4 is 10.4 Å². The van der Waals surface area contributed by atoms with Crippen LogP contribution in [0.1, 0.15) is 24.1 Å². The van der Waals surface area contributed by atoms with Crippen molar-refractivity contribution < 1.29 is 0 Å². The van der Waals surface area contributed by atoms with Gasteiger partial charge in [-0.15, -0.1) is 0 Å². The molecule has 0 amide bonds. The Kier molecular flexibility index (Phi) is 5.13. The van der Waals surface area contributed by atoms with E-state index in [1.165, 1.54) is 56.5 Å². The third kappa shape index (κ3) is 3.46. The standard InChI is InChI=1S/C34H27N4Si/c1-39-28-19-11-9-17-25(28)31-29(39)21-20-27-30(31)24-16-8-10-18-26(24)38(27)34-36-32(22-12-4-2-5-13-22)35-33(37-34)23-14-6-3-7-15-23/h2-7,9,11-15,17,19-21H,8,10,16,18H2,1H3. The van der Waals surface area contributed by atoms with E-state index in [0.29, 0.717) is 17.6 Å². The summed E-state index contributed by atoms with van der Waals surface area (Å²) >= 11 is 0. The first-order valence-electron chi connectivity index (χ1n) is 13.8. The Morgan fingerprint density at radius 2 is 1.28 bits per heavy atom. The van der Waals surface area contributed by atoms with Crippen molar-refractivity contribution in [2.24, 2.45) is 0 Å². The molecule has 2 aromatic heterocycles. The van der Waals surface area contributed by atoms with Gasteiger partial charge in [0.05, 0.1) is 5.52 Å². The van der Waals surface area contributed by atoms with Gasteiger partial charge >= 0.3 is 0 Å². The predicted molar refractivity (Wildman–Crippen MR) is 160 cm³/mol. The molecule has 2 aliphatic rings. The molecule has 0 N–H and O–H groups in total. The molecule has 1 aliphatic carbocycles. The molecule has 3 heterocycles. The van der Waals surface area contributed by atoms with Crippen LogP contribution in [0.3, 0.4) is 0 Å². The van der Waals surface area contributed by atoms with E-state index in [-0.39, 0.29) is 0 Å². The molecule has 39 heavy (non-hydrogen) atoms. The van der Waals surface area contributed by atoms with Crippen molar-refractivity contribution in [1.82, 2.24) is 19.5 Å². The van der Waals surface area contributed by atoms with E-state index in [4.69, 9.17) is 15.0 Å². The molecular weight excluding hydrogens is 492 g/mol. The van der Waals surface area contributed by atoms with Gasteiger partial charge in [0, 0.05) is 22.2 Å². The first-order valence-corrected chi connectivity index (χ1v) is 15.8. The van der Waals surface area contributed by atoms with Gasteiger partial charge in [-0.05, 0) is 58.8 Å². The summed E-state index contributed by atoms with van der Waals surface area (Å²) in [5.41, 5.74) is 8.94. The molecule has 6 aromatic rings. The molecule has 187 valence electrons. The average molecular weight is 520 g/mol. The monoisotopic (exact) mass is 519 g/mol. The smallest absolute Gasteiger partial charge is 0.238 e. The molecule has 8 rings (SSSR count). The number of hydrogen-bond donors (Lipinski definition) is 0. The highest BCUT2D eigenvalue weighted by Crippen LogP contribution is 2.40. The van der Waals surface area contributed by atoms with Crippen molar-refractivity contribution in [1.29, 1.82) is 0 Å². The Morgan fingerprint density at radius 3 is 2.00 bits per heavy atom. The van der Waals surface area contributed by atoms with E-state index >= 15 is 0 Å². The summed E-state index contributed by atoms with van der Waals surface area (Å²) < 4.78 is 2.35. The van der Waals surface area contributed by atoms with Gasteiger partial charge in [-0.2, -0.15) is 9.97 Å². The normalized spacial score (nSPS) is 14.3. The second kappa shape index (κ2) is 8.85. The minimum Gasteiger partial charge on any atom is -0.282 e. The van der Waals surface area contributed by atoms with Crippen LogP contribution >= 0.6 is 0 Å². The third-order valence-electron chi connectivity index (χ3n) is 8.33. The Morgan fingerprint density at radius 1 is 0.641 bits per heavy atom. The van der Waals surface area contributed by atoms with Crippen LogP contribution in [0.5, 0.6) is 0 Å². The van der Waals surface area contributed by atoms with Crippen LogP contribution in [0.4, 0.5) is 0 Å². The summed E-state index contributed by atoms with van der Waals surface area (Å²) in [6, 6.07) is 34.3. The summed E-state index contributed by atoms with van der Waals surface area (Å²) in [5.74, 6) is 2.12. The molecule has 0 atom stereocenters. The molecule has 1 radical (unpaired) electrons. The third-order valence-corrected chi connectivity index (χ3v) is 10.8. The van der Waals surface area contributed by atoms with Crippen molar-refractivity contribution >= 4 is 30.1 Å². The topological polar surface area (TPSA) is 43.6 Å². The highest BCUT2D eigenvalue weighted by Gasteiger charge is 2.32. The minimum atomic E-state index is -0.777. The summed E-state index contributed by atoms with van der Waals surface area (Å²) in [6.07, 6.45) is 4.55. The van der Waals surface area contributed by atoms with E-state index < -0.39 is 8.80 Å². The maximum absolute atomic E-state index is 5.13. The maximum atomic E-state index is 5.13.